The maximum absolute atomic E-state index is 11.5. The highest BCUT2D eigenvalue weighted by molar-refractivity contribution is 5.90. The summed E-state index contributed by atoms with van der Waals surface area (Å²) in [5.41, 5.74) is 0.444. The van der Waals surface area contributed by atoms with Crippen LogP contribution in [-0.2, 0) is 11.3 Å². The Kier molecular flexibility index (Phi) is 6.09. The van der Waals surface area contributed by atoms with E-state index in [4.69, 9.17) is 4.42 Å². The van der Waals surface area contributed by atoms with E-state index in [9.17, 15) is 4.79 Å². The summed E-state index contributed by atoms with van der Waals surface area (Å²) in [6, 6.07) is 1.96. The molecule has 0 spiro atoms. The van der Waals surface area contributed by atoms with Crippen LogP contribution in [0.25, 0.3) is 0 Å². The SMILES string of the molecule is CCNC(=NCc1cc(C(=O)OC)c(C)o1)NC(C)C. The van der Waals surface area contributed by atoms with Crippen LogP contribution >= 0.6 is 0 Å². The highest BCUT2D eigenvalue weighted by atomic mass is 16.5. The zero-order valence-electron chi connectivity index (χ0n) is 12.7. The molecule has 0 aliphatic rings. The smallest absolute Gasteiger partial charge is 0.341 e. The number of aliphatic imine (C=N–C) groups is 1. The topological polar surface area (TPSA) is 75.9 Å². The van der Waals surface area contributed by atoms with Gasteiger partial charge in [-0.15, -0.1) is 0 Å². The summed E-state index contributed by atoms with van der Waals surface area (Å²) in [6.07, 6.45) is 0. The van der Waals surface area contributed by atoms with Crippen molar-refractivity contribution in [3.8, 4) is 0 Å². The van der Waals surface area contributed by atoms with E-state index in [1.54, 1.807) is 13.0 Å². The van der Waals surface area contributed by atoms with Crippen LogP contribution in [0.2, 0.25) is 0 Å². The number of rotatable bonds is 5. The van der Waals surface area contributed by atoms with E-state index in [2.05, 4.69) is 20.4 Å². The van der Waals surface area contributed by atoms with Crippen LogP contribution < -0.4 is 10.6 Å². The minimum atomic E-state index is -0.395. The standard InChI is InChI=1S/C14H23N3O3/c1-6-15-14(17-9(2)3)16-8-11-7-12(10(4)20-11)13(18)19-5/h7,9H,6,8H2,1-5H3,(H2,15,16,17). The van der Waals surface area contributed by atoms with E-state index < -0.39 is 5.97 Å². The quantitative estimate of drug-likeness (QED) is 0.489. The van der Waals surface area contributed by atoms with Crippen molar-refractivity contribution in [2.45, 2.75) is 40.3 Å². The molecule has 0 unspecified atom stereocenters. The lowest BCUT2D eigenvalue weighted by atomic mass is 10.2. The fourth-order valence-electron chi connectivity index (χ4n) is 1.68. The van der Waals surface area contributed by atoms with Gasteiger partial charge in [0, 0.05) is 12.6 Å². The second kappa shape index (κ2) is 7.57. The molecule has 0 aliphatic heterocycles. The molecule has 1 heterocycles. The predicted molar refractivity (Wildman–Crippen MR) is 77.9 cm³/mol. The molecule has 0 saturated heterocycles. The number of guanidine groups is 1. The van der Waals surface area contributed by atoms with Crippen molar-refractivity contribution in [1.29, 1.82) is 0 Å². The number of nitrogens with one attached hydrogen (secondary N) is 2. The van der Waals surface area contributed by atoms with Crippen molar-refractivity contribution in [1.82, 2.24) is 10.6 Å². The third-order valence-electron chi connectivity index (χ3n) is 2.54. The number of furan rings is 1. The summed E-state index contributed by atoms with van der Waals surface area (Å²) < 4.78 is 10.2. The molecule has 1 aromatic rings. The molecule has 0 bridgehead atoms. The fourth-order valence-corrected chi connectivity index (χ4v) is 1.68. The third-order valence-corrected chi connectivity index (χ3v) is 2.54. The van der Waals surface area contributed by atoms with Crippen molar-refractivity contribution >= 4 is 11.9 Å². The van der Waals surface area contributed by atoms with Gasteiger partial charge in [0.05, 0.1) is 7.11 Å². The molecule has 0 aliphatic carbocycles. The maximum Gasteiger partial charge on any atom is 0.341 e. The molecule has 0 fully saturated rings. The van der Waals surface area contributed by atoms with Gasteiger partial charge in [0.2, 0.25) is 0 Å². The van der Waals surface area contributed by atoms with Crippen LogP contribution in [0.3, 0.4) is 0 Å². The first-order chi connectivity index (χ1) is 9.47. The van der Waals surface area contributed by atoms with E-state index in [1.165, 1.54) is 7.11 Å². The predicted octanol–water partition coefficient (Wildman–Crippen LogP) is 1.84. The Labute approximate surface area is 119 Å². The van der Waals surface area contributed by atoms with E-state index in [0.717, 1.165) is 12.5 Å². The first-order valence-electron chi connectivity index (χ1n) is 6.70. The molecule has 6 heteroatoms. The van der Waals surface area contributed by atoms with Crippen LogP contribution in [0, 0.1) is 6.92 Å². The van der Waals surface area contributed by atoms with E-state index >= 15 is 0 Å². The summed E-state index contributed by atoms with van der Waals surface area (Å²) >= 11 is 0. The maximum atomic E-state index is 11.5. The van der Waals surface area contributed by atoms with Gasteiger partial charge >= 0.3 is 5.97 Å². The Morgan fingerprint density at radius 1 is 1.50 bits per heavy atom. The van der Waals surface area contributed by atoms with Gasteiger partial charge in [0.15, 0.2) is 5.96 Å². The number of aryl methyl sites for hydroxylation is 1. The largest absolute Gasteiger partial charge is 0.465 e. The van der Waals surface area contributed by atoms with Crippen LogP contribution in [0.1, 0.15) is 42.6 Å². The number of nitrogens with zero attached hydrogens (tertiary/aromatic N) is 1. The Hall–Kier alpha value is -1.98. The van der Waals surface area contributed by atoms with E-state index in [0.29, 0.717) is 23.6 Å². The summed E-state index contributed by atoms with van der Waals surface area (Å²) in [6.45, 7) is 8.96. The molecule has 1 aromatic heterocycles. The number of hydrogen-bond acceptors (Lipinski definition) is 4. The summed E-state index contributed by atoms with van der Waals surface area (Å²) in [7, 11) is 1.35. The average molecular weight is 281 g/mol. The zero-order valence-corrected chi connectivity index (χ0v) is 12.7. The Morgan fingerprint density at radius 3 is 2.75 bits per heavy atom. The molecule has 0 atom stereocenters. The number of carbonyl (C=O) groups is 1. The summed E-state index contributed by atoms with van der Waals surface area (Å²) in [5.74, 6) is 1.50. The Bertz CT molecular complexity index is 478. The Morgan fingerprint density at radius 2 is 2.20 bits per heavy atom. The van der Waals surface area contributed by atoms with Crippen LogP contribution in [-0.4, -0.2) is 31.6 Å². The second-order valence-electron chi connectivity index (χ2n) is 4.67. The molecule has 20 heavy (non-hydrogen) atoms. The molecule has 0 amide bonds. The van der Waals surface area contributed by atoms with Crippen molar-refractivity contribution in [3.63, 3.8) is 0 Å². The first kappa shape index (κ1) is 16.1. The molecular weight excluding hydrogens is 258 g/mol. The summed E-state index contributed by atoms with van der Waals surface area (Å²) in [5, 5.41) is 6.36. The molecule has 112 valence electrons. The van der Waals surface area contributed by atoms with Crippen molar-refractivity contribution in [2.75, 3.05) is 13.7 Å². The van der Waals surface area contributed by atoms with Gasteiger partial charge in [-0.1, -0.05) is 0 Å². The van der Waals surface area contributed by atoms with Crippen molar-refractivity contribution < 1.29 is 13.9 Å². The molecule has 1 rings (SSSR count). The van der Waals surface area contributed by atoms with Gasteiger partial charge in [-0.25, -0.2) is 9.79 Å². The molecule has 6 nitrogen and oxygen atoms in total. The van der Waals surface area contributed by atoms with Crippen molar-refractivity contribution in [2.24, 2.45) is 4.99 Å². The number of hydrogen-bond donors (Lipinski definition) is 2. The van der Waals surface area contributed by atoms with Gasteiger partial charge in [-0.2, -0.15) is 0 Å². The lowest BCUT2D eigenvalue weighted by molar-refractivity contribution is 0.0599. The molecular formula is C14H23N3O3. The third kappa shape index (κ3) is 4.60. The van der Waals surface area contributed by atoms with Crippen molar-refractivity contribution in [3.05, 3.63) is 23.2 Å². The lowest BCUT2D eigenvalue weighted by Gasteiger charge is -2.13. The van der Waals surface area contributed by atoms with Crippen LogP contribution in [0.15, 0.2) is 15.5 Å². The molecule has 0 radical (unpaired) electrons. The van der Waals surface area contributed by atoms with Gasteiger partial charge in [0.25, 0.3) is 0 Å². The fraction of sp³-hybridized carbons (Fsp3) is 0.571. The minimum Gasteiger partial charge on any atom is -0.465 e. The highest BCUT2D eigenvalue weighted by Crippen LogP contribution is 2.16. The number of ether oxygens (including phenoxy) is 1. The highest BCUT2D eigenvalue weighted by Gasteiger charge is 2.15. The van der Waals surface area contributed by atoms with Crippen LogP contribution in [0.5, 0.6) is 0 Å². The van der Waals surface area contributed by atoms with Gasteiger partial charge in [0.1, 0.15) is 23.6 Å². The second-order valence-corrected chi connectivity index (χ2v) is 4.67. The van der Waals surface area contributed by atoms with E-state index in [1.807, 2.05) is 20.8 Å². The lowest BCUT2D eigenvalue weighted by Crippen LogP contribution is -2.40. The van der Waals surface area contributed by atoms with Gasteiger partial charge in [-0.05, 0) is 33.8 Å². The van der Waals surface area contributed by atoms with Crippen LogP contribution in [0.4, 0.5) is 0 Å². The number of esters is 1. The van der Waals surface area contributed by atoms with E-state index in [-0.39, 0.29) is 6.04 Å². The number of methoxy groups -OCH3 is 1. The van der Waals surface area contributed by atoms with Gasteiger partial charge < -0.3 is 19.8 Å². The Balaban J connectivity index is 2.78. The molecule has 0 saturated carbocycles. The zero-order chi connectivity index (χ0) is 15.1. The average Bonchev–Trinajstić information content (AvgIpc) is 2.76. The summed E-state index contributed by atoms with van der Waals surface area (Å²) in [4.78, 5) is 15.9. The first-order valence-corrected chi connectivity index (χ1v) is 6.70. The van der Waals surface area contributed by atoms with Gasteiger partial charge in [-0.3, -0.25) is 0 Å². The minimum absolute atomic E-state index is 0.289. The molecule has 0 aromatic carbocycles. The normalized spacial score (nSPS) is 11.6. The number of carbonyl (C=O) groups excluding carboxylic acids is 1. The monoisotopic (exact) mass is 281 g/mol. The molecule has 2 N–H and O–H groups in total.